The lowest BCUT2D eigenvalue weighted by Crippen LogP contribution is -2.48. The first-order chi connectivity index (χ1) is 13.1. The van der Waals surface area contributed by atoms with Crippen LogP contribution in [0.5, 0.6) is 0 Å². The first-order valence-corrected chi connectivity index (χ1v) is 10.1. The highest BCUT2D eigenvalue weighted by molar-refractivity contribution is 6.09. The van der Waals surface area contributed by atoms with E-state index in [0.717, 1.165) is 16.9 Å². The summed E-state index contributed by atoms with van der Waals surface area (Å²) >= 11 is 0. The summed E-state index contributed by atoms with van der Waals surface area (Å²) in [5, 5.41) is 2.79. The second kappa shape index (κ2) is 7.57. The number of urea groups is 1. The van der Waals surface area contributed by atoms with Gasteiger partial charge in [0, 0.05) is 13.1 Å². The minimum atomic E-state index is -1.14. The maximum Gasteiger partial charge on any atom is 0.325 e. The number of piperidine rings is 1. The number of imide groups is 1. The fraction of sp³-hybridized carbons (Fsp3) is 0.591. The molecule has 1 N–H and O–H groups in total. The molecule has 0 aliphatic carbocycles. The van der Waals surface area contributed by atoms with Gasteiger partial charge in [-0.05, 0) is 42.2 Å². The predicted molar refractivity (Wildman–Crippen MR) is 108 cm³/mol. The van der Waals surface area contributed by atoms with Crippen LogP contribution in [0.4, 0.5) is 4.79 Å². The van der Waals surface area contributed by atoms with Gasteiger partial charge in [0.05, 0.1) is 0 Å². The van der Waals surface area contributed by atoms with E-state index in [0.29, 0.717) is 30.8 Å². The number of likely N-dealkylation sites (tertiary alicyclic amines) is 1. The van der Waals surface area contributed by atoms with Crippen molar-refractivity contribution in [1.29, 1.82) is 0 Å². The highest BCUT2D eigenvalue weighted by Gasteiger charge is 2.49. The number of carbonyl (C=O) groups excluding carboxylic acids is 3. The van der Waals surface area contributed by atoms with Crippen molar-refractivity contribution in [3.05, 3.63) is 35.4 Å². The summed E-state index contributed by atoms with van der Waals surface area (Å²) in [5.74, 6) is 0.711. The molecule has 0 saturated carbocycles. The number of nitrogens with zero attached hydrogens (tertiary/aromatic N) is 2. The zero-order valence-electron chi connectivity index (χ0n) is 17.5. The van der Waals surface area contributed by atoms with Crippen molar-refractivity contribution in [2.45, 2.75) is 52.5 Å². The molecule has 2 aliphatic rings. The van der Waals surface area contributed by atoms with E-state index in [1.807, 2.05) is 24.3 Å². The Labute approximate surface area is 167 Å². The fourth-order valence-electron chi connectivity index (χ4n) is 4.34. The van der Waals surface area contributed by atoms with Gasteiger partial charge in [0.25, 0.3) is 5.91 Å². The zero-order valence-corrected chi connectivity index (χ0v) is 17.5. The molecule has 1 aromatic carbocycles. The lowest BCUT2D eigenvalue weighted by atomic mass is 9.90. The number of benzene rings is 1. The first kappa shape index (κ1) is 20.4. The molecule has 28 heavy (non-hydrogen) atoms. The average molecular weight is 386 g/mol. The molecule has 3 rings (SSSR count). The third-order valence-corrected chi connectivity index (χ3v) is 5.94. The Bertz CT molecular complexity index is 764. The van der Waals surface area contributed by atoms with Gasteiger partial charge in [-0.25, -0.2) is 4.79 Å². The molecule has 4 amide bonds. The summed E-state index contributed by atoms with van der Waals surface area (Å²) in [6, 6.07) is 7.22. The zero-order chi connectivity index (χ0) is 20.6. The Morgan fingerprint density at radius 1 is 1.14 bits per heavy atom. The van der Waals surface area contributed by atoms with Crippen molar-refractivity contribution in [3.63, 3.8) is 0 Å². The molecule has 2 aliphatic heterocycles. The molecule has 0 radical (unpaired) electrons. The summed E-state index contributed by atoms with van der Waals surface area (Å²) in [4.78, 5) is 41.2. The summed E-state index contributed by atoms with van der Waals surface area (Å²) in [6.45, 7) is 11.3. The molecule has 6 nitrogen and oxygen atoms in total. The largest absolute Gasteiger partial charge is 0.341 e. The second-order valence-electron chi connectivity index (χ2n) is 8.97. The van der Waals surface area contributed by atoms with Gasteiger partial charge < -0.3 is 10.2 Å². The van der Waals surface area contributed by atoms with Gasteiger partial charge in [0.2, 0.25) is 5.91 Å². The Morgan fingerprint density at radius 2 is 1.71 bits per heavy atom. The van der Waals surface area contributed by atoms with E-state index in [4.69, 9.17) is 0 Å². The van der Waals surface area contributed by atoms with E-state index in [1.54, 1.807) is 11.8 Å². The van der Waals surface area contributed by atoms with Crippen molar-refractivity contribution in [2.75, 3.05) is 19.6 Å². The third kappa shape index (κ3) is 3.77. The van der Waals surface area contributed by atoms with E-state index in [-0.39, 0.29) is 18.4 Å². The maximum atomic E-state index is 13.1. The minimum absolute atomic E-state index is 0.165. The van der Waals surface area contributed by atoms with Crippen molar-refractivity contribution in [2.24, 2.45) is 11.8 Å². The summed E-state index contributed by atoms with van der Waals surface area (Å²) in [5.41, 5.74) is 0.755. The topological polar surface area (TPSA) is 69.7 Å². The molecule has 0 unspecified atom stereocenters. The Hall–Kier alpha value is -2.37. The van der Waals surface area contributed by atoms with E-state index in [9.17, 15) is 14.4 Å². The lowest BCUT2D eigenvalue weighted by Gasteiger charge is -2.35. The first-order valence-electron chi connectivity index (χ1n) is 10.1. The van der Waals surface area contributed by atoms with Crippen LogP contribution in [0, 0.1) is 11.8 Å². The molecule has 152 valence electrons. The van der Waals surface area contributed by atoms with Gasteiger partial charge in [-0.2, -0.15) is 0 Å². The van der Waals surface area contributed by atoms with Gasteiger partial charge in [0.15, 0.2) is 0 Å². The molecule has 0 aromatic heterocycles. The molecule has 3 atom stereocenters. The number of hydrogen-bond donors (Lipinski definition) is 1. The number of carbonyl (C=O) groups is 3. The van der Waals surface area contributed by atoms with Crippen LogP contribution in [0.3, 0.4) is 0 Å². The molecule has 2 heterocycles. The van der Waals surface area contributed by atoms with Crippen molar-refractivity contribution < 1.29 is 14.4 Å². The Balaban J connectivity index is 1.74. The molecule has 0 spiro atoms. The smallest absolute Gasteiger partial charge is 0.325 e. The molecular weight excluding hydrogens is 354 g/mol. The van der Waals surface area contributed by atoms with Gasteiger partial charge in [-0.3, -0.25) is 14.5 Å². The van der Waals surface area contributed by atoms with Gasteiger partial charge in [-0.15, -0.1) is 0 Å². The summed E-state index contributed by atoms with van der Waals surface area (Å²) in [6.07, 6.45) is 1.09. The monoisotopic (exact) mass is 385 g/mol. The minimum Gasteiger partial charge on any atom is -0.341 e. The van der Waals surface area contributed by atoms with E-state index in [2.05, 4.69) is 33.0 Å². The van der Waals surface area contributed by atoms with Crippen LogP contribution >= 0.6 is 0 Å². The van der Waals surface area contributed by atoms with Crippen LogP contribution in [0.2, 0.25) is 0 Å². The van der Waals surface area contributed by atoms with E-state index >= 15 is 0 Å². The number of amides is 4. The van der Waals surface area contributed by atoms with Crippen LogP contribution in [-0.4, -0.2) is 47.3 Å². The maximum absolute atomic E-state index is 13.1. The second-order valence-corrected chi connectivity index (χ2v) is 8.97. The van der Waals surface area contributed by atoms with Crippen molar-refractivity contribution in [3.8, 4) is 0 Å². The normalized spacial score (nSPS) is 28.1. The number of rotatable bonds is 4. The van der Waals surface area contributed by atoms with Gasteiger partial charge >= 0.3 is 6.03 Å². The Kier molecular flexibility index (Phi) is 5.50. The number of nitrogens with one attached hydrogen (secondary N) is 1. The van der Waals surface area contributed by atoms with Crippen LogP contribution in [0.15, 0.2) is 24.3 Å². The summed E-state index contributed by atoms with van der Waals surface area (Å²) in [7, 11) is 0. The highest BCUT2D eigenvalue weighted by Crippen LogP contribution is 2.30. The standard InChI is InChI=1S/C22H31N3O3/c1-14(2)17-6-8-18(9-7-17)22(5)20(27)25(21(28)23-22)13-19(26)24-11-15(3)10-16(4)12-24/h6-9,14-16H,10-13H2,1-5H3,(H,23,28)/t15-,16+,22-/m1/s1. The van der Waals surface area contributed by atoms with E-state index < -0.39 is 11.6 Å². The third-order valence-electron chi connectivity index (χ3n) is 5.94. The molecule has 2 fully saturated rings. The van der Waals surface area contributed by atoms with Crippen LogP contribution in [0.25, 0.3) is 0 Å². The molecule has 1 aromatic rings. The van der Waals surface area contributed by atoms with E-state index in [1.165, 1.54) is 5.56 Å². The molecule has 2 saturated heterocycles. The highest BCUT2D eigenvalue weighted by atomic mass is 16.2. The molecule has 6 heteroatoms. The fourth-order valence-corrected chi connectivity index (χ4v) is 4.34. The van der Waals surface area contributed by atoms with Crippen molar-refractivity contribution in [1.82, 2.24) is 15.1 Å². The molecular formula is C22H31N3O3. The average Bonchev–Trinajstić information content (AvgIpc) is 2.85. The van der Waals surface area contributed by atoms with Gasteiger partial charge in [0.1, 0.15) is 12.1 Å². The van der Waals surface area contributed by atoms with Crippen LogP contribution < -0.4 is 5.32 Å². The lowest BCUT2D eigenvalue weighted by molar-refractivity contribution is -0.140. The van der Waals surface area contributed by atoms with Crippen LogP contribution in [-0.2, 0) is 15.1 Å². The summed E-state index contributed by atoms with van der Waals surface area (Å²) < 4.78 is 0. The van der Waals surface area contributed by atoms with Crippen molar-refractivity contribution >= 4 is 17.8 Å². The Morgan fingerprint density at radius 3 is 2.25 bits per heavy atom. The van der Waals surface area contributed by atoms with Gasteiger partial charge in [-0.1, -0.05) is 52.0 Å². The predicted octanol–water partition coefficient (Wildman–Crippen LogP) is 3.08. The SMILES string of the molecule is CC(C)c1ccc([C@@]2(C)NC(=O)N(CC(=O)N3C[C@H](C)C[C@H](C)C3)C2=O)cc1. The van der Waals surface area contributed by atoms with Crippen LogP contribution in [0.1, 0.15) is 58.1 Å². The quantitative estimate of drug-likeness (QED) is 0.810. The number of hydrogen-bond acceptors (Lipinski definition) is 3. The molecule has 0 bridgehead atoms.